The third-order valence-electron chi connectivity index (χ3n) is 2.40. The summed E-state index contributed by atoms with van der Waals surface area (Å²) in [5.41, 5.74) is 7.45. The maximum absolute atomic E-state index is 12.2. The zero-order valence-electron chi connectivity index (χ0n) is 9.93. The highest BCUT2D eigenvalue weighted by atomic mass is 32.2. The van der Waals surface area contributed by atoms with E-state index in [0.717, 1.165) is 0 Å². The van der Waals surface area contributed by atoms with Gasteiger partial charge in [-0.25, -0.2) is 8.42 Å². The number of hydrogen-bond donors (Lipinski definition) is 1. The second kappa shape index (κ2) is 6.19. The van der Waals surface area contributed by atoms with Crippen LogP contribution in [-0.4, -0.2) is 14.3 Å². The number of primary amides is 1. The molecule has 0 aromatic heterocycles. The largest absolute Gasteiger partial charge is 0.370 e. The zero-order chi connectivity index (χ0) is 13.6. The molecule has 0 bridgehead atoms. The van der Waals surface area contributed by atoms with Crippen molar-refractivity contribution in [3.63, 3.8) is 0 Å². The van der Waals surface area contributed by atoms with Crippen LogP contribution in [0, 0.1) is 0 Å². The van der Waals surface area contributed by atoms with E-state index in [0.29, 0.717) is 6.42 Å². The third-order valence-corrected chi connectivity index (χ3v) is 4.29. The summed E-state index contributed by atoms with van der Waals surface area (Å²) in [5, 5.41) is 0. The van der Waals surface area contributed by atoms with Gasteiger partial charge in [0, 0.05) is 6.42 Å². The molecule has 1 rings (SSSR count). The summed E-state index contributed by atoms with van der Waals surface area (Å²) in [5.74, 6) is -0.449. The normalized spacial score (nSPS) is 10.7. The summed E-state index contributed by atoms with van der Waals surface area (Å²) in [4.78, 5) is 10.9. The molecule has 96 valence electrons. The van der Waals surface area contributed by atoms with Crippen molar-refractivity contribution in [2.24, 2.45) is 5.73 Å². The molecule has 4 nitrogen and oxygen atoms in total. The van der Waals surface area contributed by atoms with Crippen LogP contribution in [0.2, 0.25) is 0 Å². The molecule has 2 N–H and O–H groups in total. The van der Waals surface area contributed by atoms with Crippen molar-refractivity contribution in [2.75, 3.05) is 0 Å². The lowest BCUT2D eigenvalue weighted by molar-refractivity contribution is -0.118. The van der Waals surface area contributed by atoms with Crippen LogP contribution in [0.5, 0.6) is 0 Å². The fourth-order valence-corrected chi connectivity index (χ4v) is 2.89. The SMILES string of the molecule is C=C=C(CCCC(N)=O)S(=O)(=O)c1ccccc1. The van der Waals surface area contributed by atoms with Crippen LogP contribution in [0.15, 0.2) is 52.4 Å². The van der Waals surface area contributed by atoms with Crippen LogP contribution < -0.4 is 5.73 Å². The predicted octanol–water partition coefficient (Wildman–Crippen LogP) is 1.78. The lowest BCUT2D eigenvalue weighted by Crippen LogP contribution is -2.11. The fourth-order valence-electron chi connectivity index (χ4n) is 1.48. The van der Waals surface area contributed by atoms with Crippen molar-refractivity contribution in [1.82, 2.24) is 0 Å². The average molecular weight is 265 g/mol. The Morgan fingerprint density at radius 1 is 1.22 bits per heavy atom. The van der Waals surface area contributed by atoms with E-state index in [9.17, 15) is 13.2 Å². The standard InChI is InChI=1S/C13H15NO3S/c1-2-11(9-6-10-13(14)15)18(16,17)12-7-4-3-5-8-12/h3-5,7-8H,1,6,9-10H2,(H2,14,15). The molecule has 1 aromatic carbocycles. The molecular weight excluding hydrogens is 250 g/mol. The number of rotatable bonds is 6. The van der Waals surface area contributed by atoms with E-state index in [4.69, 9.17) is 5.73 Å². The Bertz CT molecular complexity index is 570. The molecule has 0 heterocycles. The van der Waals surface area contributed by atoms with E-state index >= 15 is 0 Å². The molecule has 0 unspecified atom stereocenters. The molecule has 0 spiro atoms. The Hall–Kier alpha value is -1.84. The van der Waals surface area contributed by atoms with E-state index in [1.54, 1.807) is 18.2 Å². The maximum atomic E-state index is 12.2. The first-order valence-electron chi connectivity index (χ1n) is 5.46. The number of carbonyl (C=O) groups excluding carboxylic acids is 1. The number of allylic oxidation sites excluding steroid dienone is 1. The third kappa shape index (κ3) is 3.58. The molecule has 0 aliphatic carbocycles. The molecule has 0 aliphatic heterocycles. The second-order valence-corrected chi connectivity index (χ2v) is 5.71. The van der Waals surface area contributed by atoms with Crippen molar-refractivity contribution in [3.05, 3.63) is 47.5 Å². The molecule has 0 fully saturated rings. The van der Waals surface area contributed by atoms with Gasteiger partial charge < -0.3 is 5.73 Å². The summed E-state index contributed by atoms with van der Waals surface area (Å²) >= 11 is 0. The summed E-state index contributed by atoms with van der Waals surface area (Å²) in [6, 6.07) is 8.07. The molecule has 0 saturated heterocycles. The van der Waals surface area contributed by atoms with E-state index in [1.165, 1.54) is 12.1 Å². The highest BCUT2D eigenvalue weighted by Gasteiger charge is 2.19. The summed E-state index contributed by atoms with van der Waals surface area (Å²) in [7, 11) is -3.56. The number of sulfone groups is 1. The van der Waals surface area contributed by atoms with E-state index in [1.807, 2.05) is 0 Å². The van der Waals surface area contributed by atoms with Crippen LogP contribution in [0.25, 0.3) is 0 Å². The van der Waals surface area contributed by atoms with Crippen LogP contribution in [0.4, 0.5) is 0 Å². The quantitative estimate of drug-likeness (QED) is 0.796. The zero-order valence-corrected chi connectivity index (χ0v) is 10.7. The van der Waals surface area contributed by atoms with Crippen LogP contribution in [0.3, 0.4) is 0 Å². The van der Waals surface area contributed by atoms with Gasteiger partial charge in [-0.1, -0.05) is 24.8 Å². The van der Waals surface area contributed by atoms with Crippen molar-refractivity contribution in [2.45, 2.75) is 24.2 Å². The lowest BCUT2D eigenvalue weighted by atomic mass is 10.2. The molecule has 0 radical (unpaired) electrons. The minimum Gasteiger partial charge on any atom is -0.370 e. The van der Waals surface area contributed by atoms with Crippen molar-refractivity contribution in [1.29, 1.82) is 0 Å². The Balaban J connectivity index is 2.90. The monoisotopic (exact) mass is 265 g/mol. The van der Waals surface area contributed by atoms with E-state index in [-0.39, 0.29) is 22.6 Å². The molecule has 0 atom stereocenters. The van der Waals surface area contributed by atoms with Gasteiger partial charge in [-0.2, -0.15) is 0 Å². The molecule has 5 heteroatoms. The molecule has 1 aromatic rings. The number of amides is 1. The van der Waals surface area contributed by atoms with Gasteiger partial charge in [0.25, 0.3) is 0 Å². The van der Waals surface area contributed by atoms with Crippen molar-refractivity contribution < 1.29 is 13.2 Å². The second-order valence-electron chi connectivity index (χ2n) is 3.74. The molecule has 1 amide bonds. The smallest absolute Gasteiger partial charge is 0.217 e. The lowest BCUT2D eigenvalue weighted by Gasteiger charge is -2.06. The molecule has 18 heavy (non-hydrogen) atoms. The molecular formula is C13H15NO3S. The van der Waals surface area contributed by atoms with Gasteiger partial charge in [0.05, 0.1) is 9.80 Å². The first kappa shape index (κ1) is 14.2. The van der Waals surface area contributed by atoms with Crippen molar-refractivity contribution in [3.8, 4) is 0 Å². The topological polar surface area (TPSA) is 77.2 Å². The van der Waals surface area contributed by atoms with Crippen LogP contribution in [0.1, 0.15) is 19.3 Å². The van der Waals surface area contributed by atoms with Gasteiger partial charge in [0.15, 0.2) is 0 Å². The van der Waals surface area contributed by atoms with Gasteiger partial charge >= 0.3 is 0 Å². The minimum atomic E-state index is -3.56. The van der Waals surface area contributed by atoms with E-state index in [2.05, 4.69) is 12.3 Å². The van der Waals surface area contributed by atoms with Crippen LogP contribution in [-0.2, 0) is 14.6 Å². The summed E-state index contributed by atoms with van der Waals surface area (Å²) in [6.45, 7) is 3.39. The number of hydrogen-bond acceptors (Lipinski definition) is 3. The van der Waals surface area contributed by atoms with Gasteiger partial charge in [0.2, 0.25) is 15.7 Å². The minimum absolute atomic E-state index is 0.0925. The maximum Gasteiger partial charge on any atom is 0.217 e. The van der Waals surface area contributed by atoms with Crippen molar-refractivity contribution >= 4 is 15.7 Å². The summed E-state index contributed by atoms with van der Waals surface area (Å²) in [6.07, 6.45) is 0.735. The van der Waals surface area contributed by atoms with E-state index < -0.39 is 15.7 Å². The van der Waals surface area contributed by atoms with Gasteiger partial charge in [-0.15, -0.1) is 5.73 Å². The Morgan fingerprint density at radius 2 is 1.83 bits per heavy atom. The van der Waals surface area contributed by atoms with Crippen LogP contribution >= 0.6 is 0 Å². The first-order chi connectivity index (χ1) is 8.48. The van der Waals surface area contributed by atoms with Gasteiger partial charge in [-0.3, -0.25) is 4.79 Å². The first-order valence-corrected chi connectivity index (χ1v) is 6.94. The highest BCUT2D eigenvalue weighted by Crippen LogP contribution is 2.22. The average Bonchev–Trinajstić information content (AvgIpc) is 2.35. The Kier molecular flexibility index (Phi) is 4.89. The van der Waals surface area contributed by atoms with Gasteiger partial charge in [0.1, 0.15) is 0 Å². The predicted molar refractivity (Wildman–Crippen MR) is 69.3 cm³/mol. The fraction of sp³-hybridized carbons (Fsp3) is 0.231. The highest BCUT2D eigenvalue weighted by molar-refractivity contribution is 7.95. The number of carbonyl (C=O) groups is 1. The summed E-state index contributed by atoms with van der Waals surface area (Å²) < 4.78 is 24.4. The Labute approximate surface area is 107 Å². The number of benzene rings is 1. The molecule has 0 saturated carbocycles. The number of nitrogens with two attached hydrogens (primary N) is 1. The van der Waals surface area contributed by atoms with Gasteiger partial charge in [-0.05, 0) is 25.0 Å². The Morgan fingerprint density at radius 3 is 2.33 bits per heavy atom. The molecule has 0 aliphatic rings.